The van der Waals surface area contributed by atoms with Crippen LogP contribution in [0.1, 0.15) is 46.7 Å². The summed E-state index contributed by atoms with van der Waals surface area (Å²) in [5.74, 6) is 0.0908. The smallest absolute Gasteiger partial charge is 0.224 e. The number of hydrogen-bond acceptors (Lipinski definition) is 3. The van der Waals surface area contributed by atoms with Gasteiger partial charge in [0, 0.05) is 24.7 Å². The summed E-state index contributed by atoms with van der Waals surface area (Å²) in [7, 11) is 0. The van der Waals surface area contributed by atoms with Gasteiger partial charge in [0.1, 0.15) is 0 Å². The summed E-state index contributed by atoms with van der Waals surface area (Å²) in [5, 5.41) is 0. The molecule has 1 heterocycles. The van der Waals surface area contributed by atoms with Crippen LogP contribution in [0, 0.1) is 5.41 Å². The predicted molar refractivity (Wildman–Crippen MR) is 82.0 cm³/mol. The van der Waals surface area contributed by atoms with Gasteiger partial charge in [-0.2, -0.15) is 0 Å². The van der Waals surface area contributed by atoms with Gasteiger partial charge in [-0.25, -0.2) is 0 Å². The van der Waals surface area contributed by atoms with Gasteiger partial charge in [0.25, 0.3) is 0 Å². The fraction of sp³-hybridized carbons (Fsp3) is 0.625. The zero-order chi connectivity index (χ0) is 15.3. The number of nitrogens with zero attached hydrogens (tertiary/aromatic N) is 2. The van der Waals surface area contributed by atoms with Crippen molar-refractivity contribution in [1.82, 2.24) is 9.88 Å². The molecule has 0 aliphatic heterocycles. The lowest BCUT2D eigenvalue weighted by Crippen LogP contribution is -2.43. The Bertz CT molecular complexity index is 423. The second-order valence-electron chi connectivity index (χ2n) is 6.61. The van der Waals surface area contributed by atoms with E-state index in [1.54, 1.807) is 6.20 Å². The molecule has 1 amide bonds. The van der Waals surface area contributed by atoms with Crippen LogP contribution >= 0.6 is 0 Å². The number of carbonyl (C=O) groups excluding carboxylic acids is 1. The first-order valence-corrected chi connectivity index (χ1v) is 7.16. The molecule has 4 heteroatoms. The molecule has 0 fully saturated rings. The Balaban J connectivity index is 2.74. The second kappa shape index (κ2) is 6.84. The highest BCUT2D eigenvalue weighted by atomic mass is 16.2. The lowest BCUT2D eigenvalue weighted by molar-refractivity contribution is -0.134. The Hall–Kier alpha value is -1.42. The molecule has 4 nitrogen and oxygen atoms in total. The molecule has 0 radical (unpaired) electrons. The van der Waals surface area contributed by atoms with Crippen molar-refractivity contribution >= 4 is 5.91 Å². The van der Waals surface area contributed by atoms with Gasteiger partial charge in [-0.05, 0) is 31.4 Å². The molecule has 0 aliphatic carbocycles. The number of hydrogen-bond donors (Lipinski definition) is 1. The van der Waals surface area contributed by atoms with E-state index in [9.17, 15) is 4.79 Å². The van der Waals surface area contributed by atoms with Crippen molar-refractivity contribution in [2.75, 3.05) is 0 Å². The van der Waals surface area contributed by atoms with Gasteiger partial charge in [0.2, 0.25) is 5.91 Å². The zero-order valence-electron chi connectivity index (χ0n) is 13.3. The molecule has 0 aliphatic rings. The minimum atomic E-state index is -0.139. The maximum atomic E-state index is 12.5. The van der Waals surface area contributed by atoms with Crippen molar-refractivity contribution in [3.05, 3.63) is 30.1 Å². The summed E-state index contributed by atoms with van der Waals surface area (Å²) in [4.78, 5) is 18.6. The quantitative estimate of drug-likeness (QED) is 0.900. The molecule has 1 aromatic rings. The van der Waals surface area contributed by atoms with E-state index in [4.69, 9.17) is 5.73 Å². The van der Waals surface area contributed by atoms with Crippen molar-refractivity contribution in [3.63, 3.8) is 0 Å². The average molecular weight is 277 g/mol. The minimum Gasteiger partial charge on any atom is -0.334 e. The number of carbonyl (C=O) groups is 1. The van der Waals surface area contributed by atoms with Crippen LogP contribution in [0.3, 0.4) is 0 Å². The molecule has 0 spiro atoms. The molecule has 2 N–H and O–H groups in total. The van der Waals surface area contributed by atoms with Crippen LogP contribution in [0.15, 0.2) is 24.4 Å². The van der Waals surface area contributed by atoms with Crippen LogP contribution in [0.2, 0.25) is 0 Å². The third-order valence-electron chi connectivity index (χ3n) is 3.51. The summed E-state index contributed by atoms with van der Waals surface area (Å²) < 4.78 is 0. The number of nitrogens with two attached hydrogens (primary N) is 1. The molecule has 20 heavy (non-hydrogen) atoms. The third-order valence-corrected chi connectivity index (χ3v) is 3.51. The maximum absolute atomic E-state index is 12.5. The van der Waals surface area contributed by atoms with Crippen LogP contribution in [-0.2, 0) is 11.3 Å². The summed E-state index contributed by atoms with van der Waals surface area (Å²) in [6.45, 7) is 10.7. The second-order valence-corrected chi connectivity index (χ2v) is 6.61. The maximum Gasteiger partial charge on any atom is 0.224 e. The molecule has 1 atom stereocenters. The van der Waals surface area contributed by atoms with Gasteiger partial charge in [-0.1, -0.05) is 26.8 Å². The average Bonchev–Trinajstić information content (AvgIpc) is 2.35. The largest absolute Gasteiger partial charge is 0.334 e. The molecule has 1 rings (SSSR count). The molecular formula is C16H27N3O. The summed E-state index contributed by atoms with van der Waals surface area (Å²) >= 11 is 0. The topological polar surface area (TPSA) is 59.2 Å². The van der Waals surface area contributed by atoms with Gasteiger partial charge < -0.3 is 10.6 Å². The Morgan fingerprint density at radius 2 is 2.00 bits per heavy atom. The number of amides is 1. The van der Waals surface area contributed by atoms with E-state index in [2.05, 4.69) is 25.8 Å². The monoisotopic (exact) mass is 277 g/mol. The number of pyridine rings is 1. The fourth-order valence-electron chi connectivity index (χ4n) is 1.84. The molecular weight excluding hydrogens is 250 g/mol. The van der Waals surface area contributed by atoms with Crippen molar-refractivity contribution in [2.45, 2.75) is 59.7 Å². The summed E-state index contributed by atoms with van der Waals surface area (Å²) in [6.07, 6.45) is 2.12. The predicted octanol–water partition coefficient (Wildman–Crippen LogP) is 2.58. The Morgan fingerprint density at radius 1 is 1.35 bits per heavy atom. The van der Waals surface area contributed by atoms with Gasteiger partial charge in [0.05, 0.1) is 12.2 Å². The van der Waals surface area contributed by atoms with Gasteiger partial charge >= 0.3 is 0 Å². The van der Waals surface area contributed by atoms with Gasteiger partial charge in [-0.15, -0.1) is 0 Å². The van der Waals surface area contributed by atoms with Crippen molar-refractivity contribution in [1.29, 1.82) is 0 Å². The summed E-state index contributed by atoms with van der Waals surface area (Å²) in [6, 6.07) is 5.75. The van der Waals surface area contributed by atoms with Crippen molar-refractivity contribution < 1.29 is 4.79 Å². The first kappa shape index (κ1) is 16.6. The van der Waals surface area contributed by atoms with Crippen LogP contribution < -0.4 is 5.73 Å². The van der Waals surface area contributed by atoms with Gasteiger partial charge in [-0.3, -0.25) is 9.78 Å². The first-order valence-electron chi connectivity index (χ1n) is 7.16. The van der Waals surface area contributed by atoms with E-state index in [0.717, 1.165) is 5.69 Å². The van der Waals surface area contributed by atoms with E-state index >= 15 is 0 Å². The normalized spacial score (nSPS) is 13.3. The standard InChI is InChI=1S/C16H27N3O/c1-12(2)19(11-13-8-6-7-9-18-13)15(20)10-14(17)16(3,4)5/h6-9,12,14H,10-11,17H2,1-5H3. The SMILES string of the molecule is CC(C)N(Cc1ccccn1)C(=O)CC(N)C(C)(C)C. The first-order chi connectivity index (χ1) is 9.21. The van der Waals surface area contributed by atoms with E-state index in [1.165, 1.54) is 0 Å². The lowest BCUT2D eigenvalue weighted by Gasteiger charge is -2.31. The molecule has 0 aromatic carbocycles. The minimum absolute atomic E-state index is 0.0662. The van der Waals surface area contributed by atoms with E-state index in [-0.39, 0.29) is 23.4 Å². The molecule has 0 saturated heterocycles. The number of aromatic nitrogens is 1. The molecule has 0 saturated carbocycles. The lowest BCUT2D eigenvalue weighted by atomic mass is 9.85. The third kappa shape index (κ3) is 4.93. The molecule has 1 unspecified atom stereocenters. The highest BCUT2D eigenvalue weighted by molar-refractivity contribution is 5.77. The highest BCUT2D eigenvalue weighted by Crippen LogP contribution is 2.21. The van der Waals surface area contributed by atoms with Crippen LogP contribution in [0.4, 0.5) is 0 Å². The summed E-state index contributed by atoms with van der Waals surface area (Å²) in [5.41, 5.74) is 6.96. The molecule has 0 bridgehead atoms. The molecule has 112 valence electrons. The van der Waals surface area contributed by atoms with E-state index in [1.807, 2.05) is 36.9 Å². The number of rotatable bonds is 5. The van der Waals surface area contributed by atoms with E-state index in [0.29, 0.717) is 13.0 Å². The highest BCUT2D eigenvalue weighted by Gasteiger charge is 2.26. The van der Waals surface area contributed by atoms with Crippen LogP contribution in [-0.4, -0.2) is 27.9 Å². The van der Waals surface area contributed by atoms with Gasteiger partial charge in [0.15, 0.2) is 0 Å². The van der Waals surface area contributed by atoms with Crippen molar-refractivity contribution in [2.24, 2.45) is 11.1 Å². The Morgan fingerprint density at radius 3 is 2.45 bits per heavy atom. The van der Waals surface area contributed by atoms with E-state index < -0.39 is 0 Å². The van der Waals surface area contributed by atoms with Crippen LogP contribution in [0.5, 0.6) is 0 Å². The van der Waals surface area contributed by atoms with Crippen LogP contribution in [0.25, 0.3) is 0 Å². The van der Waals surface area contributed by atoms with Crippen molar-refractivity contribution in [3.8, 4) is 0 Å². The fourth-order valence-corrected chi connectivity index (χ4v) is 1.84. The Kier molecular flexibility index (Phi) is 5.69. The zero-order valence-corrected chi connectivity index (χ0v) is 13.3. The molecule has 1 aromatic heterocycles. The Labute approximate surface area is 122 Å².